The van der Waals surface area contributed by atoms with Gasteiger partial charge in [-0.15, -0.1) is 0 Å². The third-order valence-electron chi connectivity index (χ3n) is 2.90. The Kier molecular flexibility index (Phi) is 5.92. The summed E-state index contributed by atoms with van der Waals surface area (Å²) in [6, 6.07) is 10.9. The zero-order valence-corrected chi connectivity index (χ0v) is 14.1. The molecule has 0 aromatic heterocycles. The average Bonchev–Trinajstić information content (AvgIpc) is 2.56. The monoisotopic (exact) mass is 413 g/mol. The lowest BCUT2D eigenvalue weighted by Crippen LogP contribution is -2.32. The van der Waals surface area contributed by atoms with Crippen molar-refractivity contribution in [3.05, 3.63) is 64.1 Å². The van der Waals surface area contributed by atoms with Crippen LogP contribution in [-0.2, 0) is 15.8 Å². The average molecular weight is 414 g/mol. The quantitative estimate of drug-likeness (QED) is 0.458. The standard InChI is InChI=1S/C16H11BrF3N3O2/c17-12-6-4-10(5-7-12)9-21-23-15(25)14(24)22-13-3-1-2-11(8-13)16(18,19)20/h1-9H,(H,22,24)(H,23,25)/b21-9-. The molecule has 130 valence electrons. The van der Waals surface area contributed by atoms with Crippen molar-refractivity contribution in [1.82, 2.24) is 5.43 Å². The number of hydrogen-bond acceptors (Lipinski definition) is 3. The summed E-state index contributed by atoms with van der Waals surface area (Å²) in [6.07, 6.45) is -3.22. The summed E-state index contributed by atoms with van der Waals surface area (Å²) >= 11 is 3.27. The molecule has 2 aromatic rings. The molecular weight excluding hydrogens is 403 g/mol. The number of alkyl halides is 3. The second kappa shape index (κ2) is 7.93. The van der Waals surface area contributed by atoms with E-state index in [9.17, 15) is 22.8 Å². The number of halogens is 4. The van der Waals surface area contributed by atoms with E-state index in [1.165, 1.54) is 12.3 Å². The maximum absolute atomic E-state index is 12.6. The van der Waals surface area contributed by atoms with Crippen LogP contribution in [0.3, 0.4) is 0 Å². The molecule has 2 amide bonds. The molecule has 0 spiro atoms. The second-order valence-electron chi connectivity index (χ2n) is 4.78. The molecule has 2 N–H and O–H groups in total. The molecule has 0 unspecified atom stereocenters. The third kappa shape index (κ3) is 5.71. The van der Waals surface area contributed by atoms with Crippen LogP contribution in [0.1, 0.15) is 11.1 Å². The van der Waals surface area contributed by atoms with Crippen molar-refractivity contribution in [3.8, 4) is 0 Å². The van der Waals surface area contributed by atoms with Gasteiger partial charge in [-0.1, -0.05) is 34.1 Å². The van der Waals surface area contributed by atoms with Gasteiger partial charge in [-0.3, -0.25) is 9.59 Å². The summed E-state index contributed by atoms with van der Waals surface area (Å²) in [4.78, 5) is 23.3. The van der Waals surface area contributed by atoms with E-state index in [0.717, 1.165) is 22.7 Å². The van der Waals surface area contributed by atoms with Gasteiger partial charge in [0.1, 0.15) is 0 Å². The van der Waals surface area contributed by atoms with E-state index in [1.54, 1.807) is 24.3 Å². The number of benzene rings is 2. The van der Waals surface area contributed by atoms with Crippen LogP contribution in [0, 0.1) is 0 Å². The van der Waals surface area contributed by atoms with Gasteiger partial charge in [-0.2, -0.15) is 18.3 Å². The highest BCUT2D eigenvalue weighted by atomic mass is 79.9. The smallest absolute Gasteiger partial charge is 0.318 e. The topological polar surface area (TPSA) is 70.6 Å². The zero-order valence-electron chi connectivity index (χ0n) is 12.5. The van der Waals surface area contributed by atoms with E-state index in [4.69, 9.17) is 0 Å². The number of carbonyl (C=O) groups excluding carboxylic acids is 2. The fourth-order valence-electron chi connectivity index (χ4n) is 1.73. The third-order valence-corrected chi connectivity index (χ3v) is 3.43. The van der Waals surface area contributed by atoms with Crippen LogP contribution in [-0.4, -0.2) is 18.0 Å². The number of nitrogens with zero attached hydrogens (tertiary/aromatic N) is 1. The Morgan fingerprint density at radius 1 is 1.04 bits per heavy atom. The molecule has 9 heteroatoms. The van der Waals surface area contributed by atoms with Crippen LogP contribution in [0.5, 0.6) is 0 Å². The summed E-state index contributed by atoms with van der Waals surface area (Å²) in [5.74, 6) is -2.24. The highest BCUT2D eigenvalue weighted by molar-refractivity contribution is 9.10. The lowest BCUT2D eigenvalue weighted by Gasteiger charge is -2.09. The van der Waals surface area contributed by atoms with Crippen molar-refractivity contribution in [2.75, 3.05) is 5.32 Å². The lowest BCUT2D eigenvalue weighted by molar-refractivity contribution is -0.137. The first-order valence-corrected chi connectivity index (χ1v) is 7.62. The summed E-state index contributed by atoms with van der Waals surface area (Å²) in [7, 11) is 0. The van der Waals surface area contributed by atoms with Crippen molar-refractivity contribution in [3.63, 3.8) is 0 Å². The lowest BCUT2D eigenvalue weighted by atomic mass is 10.2. The molecule has 0 heterocycles. The summed E-state index contributed by atoms with van der Waals surface area (Å²) in [5.41, 5.74) is 1.60. The zero-order chi connectivity index (χ0) is 18.4. The number of hydrogen-bond donors (Lipinski definition) is 2. The first-order valence-electron chi connectivity index (χ1n) is 6.83. The number of carbonyl (C=O) groups is 2. The molecule has 0 fully saturated rings. The van der Waals surface area contributed by atoms with Crippen LogP contribution in [0.4, 0.5) is 18.9 Å². The molecule has 0 aliphatic rings. The Hall–Kier alpha value is -2.68. The first-order chi connectivity index (χ1) is 11.8. The van der Waals surface area contributed by atoms with Gasteiger partial charge in [-0.05, 0) is 35.9 Å². The Bertz CT molecular complexity index is 805. The minimum Gasteiger partial charge on any atom is -0.318 e. The van der Waals surface area contributed by atoms with Gasteiger partial charge in [0.25, 0.3) is 0 Å². The number of amides is 2. The Labute approximate surface area is 149 Å². The maximum atomic E-state index is 12.6. The van der Waals surface area contributed by atoms with E-state index in [0.29, 0.717) is 5.56 Å². The number of nitrogens with one attached hydrogen (secondary N) is 2. The van der Waals surface area contributed by atoms with Crippen molar-refractivity contribution >= 4 is 39.6 Å². The molecule has 0 radical (unpaired) electrons. The Morgan fingerprint density at radius 2 is 1.72 bits per heavy atom. The largest absolute Gasteiger partial charge is 0.416 e. The molecule has 5 nitrogen and oxygen atoms in total. The highest BCUT2D eigenvalue weighted by Gasteiger charge is 2.30. The van der Waals surface area contributed by atoms with Crippen molar-refractivity contribution < 1.29 is 22.8 Å². The molecule has 0 saturated heterocycles. The van der Waals surface area contributed by atoms with Crippen LogP contribution in [0.15, 0.2) is 58.1 Å². The molecule has 0 aliphatic heterocycles. The molecule has 0 saturated carbocycles. The highest BCUT2D eigenvalue weighted by Crippen LogP contribution is 2.30. The van der Waals surface area contributed by atoms with Gasteiger partial charge >= 0.3 is 18.0 Å². The van der Waals surface area contributed by atoms with E-state index >= 15 is 0 Å². The Morgan fingerprint density at radius 3 is 2.36 bits per heavy atom. The maximum Gasteiger partial charge on any atom is 0.416 e. The van der Waals surface area contributed by atoms with Crippen molar-refractivity contribution in [2.24, 2.45) is 5.10 Å². The van der Waals surface area contributed by atoms with Crippen LogP contribution in [0.2, 0.25) is 0 Å². The molecule has 0 bridgehead atoms. The molecule has 2 rings (SSSR count). The van der Waals surface area contributed by atoms with Gasteiger partial charge in [0.15, 0.2) is 0 Å². The molecule has 25 heavy (non-hydrogen) atoms. The minimum absolute atomic E-state index is 0.146. The number of rotatable bonds is 3. The predicted molar refractivity (Wildman–Crippen MR) is 90.0 cm³/mol. The second-order valence-corrected chi connectivity index (χ2v) is 5.70. The molecule has 0 atom stereocenters. The fraction of sp³-hybridized carbons (Fsp3) is 0.0625. The normalized spacial score (nSPS) is 11.4. The predicted octanol–water partition coefficient (Wildman–Crippen LogP) is 3.56. The Balaban J connectivity index is 1.94. The summed E-state index contributed by atoms with van der Waals surface area (Å²) < 4.78 is 38.7. The van der Waals surface area contributed by atoms with Gasteiger partial charge < -0.3 is 5.32 Å². The summed E-state index contributed by atoms with van der Waals surface area (Å²) in [6.45, 7) is 0. The van der Waals surface area contributed by atoms with Crippen LogP contribution in [0.25, 0.3) is 0 Å². The van der Waals surface area contributed by atoms with Crippen LogP contribution < -0.4 is 10.7 Å². The van der Waals surface area contributed by atoms with Crippen LogP contribution >= 0.6 is 15.9 Å². The molecule has 2 aromatic carbocycles. The van der Waals surface area contributed by atoms with E-state index in [-0.39, 0.29) is 5.69 Å². The van der Waals surface area contributed by atoms with Crippen molar-refractivity contribution in [1.29, 1.82) is 0 Å². The first kappa shape index (κ1) is 18.7. The summed E-state index contributed by atoms with van der Waals surface area (Å²) in [5, 5.41) is 5.69. The SMILES string of the molecule is O=C(N/N=C\c1ccc(Br)cc1)C(=O)Nc1cccc(C(F)(F)F)c1. The number of hydrazone groups is 1. The minimum atomic E-state index is -4.54. The fourth-order valence-corrected chi connectivity index (χ4v) is 1.99. The number of anilines is 1. The van der Waals surface area contributed by atoms with Gasteiger partial charge in [0.2, 0.25) is 0 Å². The molecular formula is C16H11BrF3N3O2. The van der Waals surface area contributed by atoms with Gasteiger partial charge in [0, 0.05) is 10.2 Å². The van der Waals surface area contributed by atoms with E-state index in [2.05, 4.69) is 26.3 Å². The van der Waals surface area contributed by atoms with Gasteiger partial charge in [0.05, 0.1) is 11.8 Å². The van der Waals surface area contributed by atoms with E-state index < -0.39 is 23.6 Å². The molecule has 0 aliphatic carbocycles. The van der Waals surface area contributed by atoms with Crippen molar-refractivity contribution in [2.45, 2.75) is 6.18 Å². The van der Waals surface area contributed by atoms with E-state index in [1.807, 2.05) is 5.43 Å². The van der Waals surface area contributed by atoms with Gasteiger partial charge in [-0.25, -0.2) is 5.43 Å².